The quantitative estimate of drug-likeness (QED) is 0.714. The van der Waals surface area contributed by atoms with Crippen molar-refractivity contribution in [2.24, 2.45) is 5.92 Å². The van der Waals surface area contributed by atoms with Gasteiger partial charge in [-0.2, -0.15) is 0 Å². The Bertz CT molecular complexity index is 227. The van der Waals surface area contributed by atoms with Gasteiger partial charge in [0.25, 0.3) is 0 Å². The lowest BCUT2D eigenvalue weighted by molar-refractivity contribution is -0.142. The SMILES string of the molecule is CCCC(=O)NC1CCCC1C(=O)O. The van der Waals surface area contributed by atoms with Gasteiger partial charge in [-0.15, -0.1) is 0 Å². The van der Waals surface area contributed by atoms with Crippen LogP contribution in [0.5, 0.6) is 0 Å². The maximum atomic E-state index is 11.3. The molecular weight excluding hydrogens is 182 g/mol. The van der Waals surface area contributed by atoms with Gasteiger partial charge in [0.1, 0.15) is 0 Å². The molecule has 1 amide bonds. The monoisotopic (exact) mass is 199 g/mol. The molecule has 2 N–H and O–H groups in total. The minimum absolute atomic E-state index is 0.0225. The number of hydrogen-bond acceptors (Lipinski definition) is 2. The predicted octanol–water partition coefficient (Wildman–Crippen LogP) is 1.16. The number of aliphatic carboxylic acids is 1. The Morgan fingerprint density at radius 1 is 1.43 bits per heavy atom. The van der Waals surface area contributed by atoms with Gasteiger partial charge in [-0.1, -0.05) is 13.3 Å². The second-order valence-corrected chi connectivity index (χ2v) is 3.80. The zero-order chi connectivity index (χ0) is 10.6. The number of hydrogen-bond donors (Lipinski definition) is 2. The Morgan fingerprint density at radius 2 is 2.14 bits per heavy atom. The fourth-order valence-electron chi connectivity index (χ4n) is 1.93. The smallest absolute Gasteiger partial charge is 0.308 e. The summed E-state index contributed by atoms with van der Waals surface area (Å²) in [4.78, 5) is 22.1. The molecular formula is C10H17NO3. The lowest BCUT2D eigenvalue weighted by Crippen LogP contribution is -2.39. The van der Waals surface area contributed by atoms with E-state index in [0.717, 1.165) is 19.3 Å². The first-order chi connectivity index (χ1) is 6.65. The van der Waals surface area contributed by atoms with Crippen molar-refractivity contribution in [1.82, 2.24) is 5.32 Å². The largest absolute Gasteiger partial charge is 0.481 e. The van der Waals surface area contributed by atoms with Gasteiger partial charge >= 0.3 is 5.97 Å². The molecule has 1 rings (SSSR count). The average Bonchev–Trinajstić information content (AvgIpc) is 2.52. The molecule has 80 valence electrons. The Labute approximate surface area is 83.7 Å². The highest BCUT2D eigenvalue weighted by Gasteiger charge is 2.33. The normalized spacial score (nSPS) is 26.1. The third-order valence-electron chi connectivity index (χ3n) is 2.66. The summed E-state index contributed by atoms with van der Waals surface area (Å²) < 4.78 is 0. The molecule has 0 bridgehead atoms. The molecule has 0 aromatic heterocycles. The molecule has 1 aliphatic rings. The van der Waals surface area contributed by atoms with E-state index >= 15 is 0 Å². The molecule has 0 spiro atoms. The Balaban J connectivity index is 2.43. The van der Waals surface area contributed by atoms with Crippen LogP contribution >= 0.6 is 0 Å². The van der Waals surface area contributed by atoms with E-state index in [1.54, 1.807) is 0 Å². The van der Waals surface area contributed by atoms with Crippen molar-refractivity contribution in [3.05, 3.63) is 0 Å². The van der Waals surface area contributed by atoms with Crippen molar-refractivity contribution in [1.29, 1.82) is 0 Å². The standard InChI is InChI=1S/C10H17NO3/c1-2-4-9(12)11-8-6-3-5-7(8)10(13)14/h7-8H,2-6H2,1H3,(H,11,12)(H,13,14). The number of nitrogens with one attached hydrogen (secondary N) is 1. The van der Waals surface area contributed by atoms with Crippen molar-refractivity contribution in [2.75, 3.05) is 0 Å². The summed E-state index contributed by atoms with van der Waals surface area (Å²) in [5.41, 5.74) is 0. The summed E-state index contributed by atoms with van der Waals surface area (Å²) >= 11 is 0. The number of rotatable bonds is 4. The summed E-state index contributed by atoms with van der Waals surface area (Å²) in [6.45, 7) is 1.93. The molecule has 0 aromatic carbocycles. The van der Waals surface area contributed by atoms with E-state index in [1.807, 2.05) is 6.92 Å². The van der Waals surface area contributed by atoms with E-state index in [0.29, 0.717) is 12.8 Å². The number of carbonyl (C=O) groups is 2. The summed E-state index contributed by atoms with van der Waals surface area (Å²) in [7, 11) is 0. The van der Waals surface area contributed by atoms with Gasteiger partial charge in [-0.25, -0.2) is 0 Å². The topological polar surface area (TPSA) is 66.4 Å². The molecule has 0 aromatic rings. The lowest BCUT2D eigenvalue weighted by Gasteiger charge is -2.17. The van der Waals surface area contributed by atoms with E-state index in [2.05, 4.69) is 5.32 Å². The predicted molar refractivity (Wildman–Crippen MR) is 51.8 cm³/mol. The molecule has 14 heavy (non-hydrogen) atoms. The van der Waals surface area contributed by atoms with Crippen LogP contribution in [0.15, 0.2) is 0 Å². The van der Waals surface area contributed by atoms with Crippen LogP contribution in [-0.4, -0.2) is 23.0 Å². The third-order valence-corrected chi connectivity index (χ3v) is 2.66. The number of amides is 1. The van der Waals surface area contributed by atoms with Crippen LogP contribution in [0.1, 0.15) is 39.0 Å². The molecule has 1 aliphatic carbocycles. The molecule has 1 fully saturated rings. The molecule has 0 radical (unpaired) electrons. The van der Waals surface area contributed by atoms with Gasteiger partial charge in [0.05, 0.1) is 5.92 Å². The zero-order valence-corrected chi connectivity index (χ0v) is 8.45. The molecule has 2 atom stereocenters. The second kappa shape index (κ2) is 4.98. The first-order valence-electron chi connectivity index (χ1n) is 5.17. The highest BCUT2D eigenvalue weighted by Crippen LogP contribution is 2.25. The summed E-state index contributed by atoms with van der Waals surface area (Å²) in [5.74, 6) is -1.19. The Hall–Kier alpha value is -1.06. The van der Waals surface area contributed by atoms with Crippen molar-refractivity contribution in [3.63, 3.8) is 0 Å². The first kappa shape index (κ1) is 11.0. The van der Waals surface area contributed by atoms with Crippen LogP contribution in [0.4, 0.5) is 0 Å². The van der Waals surface area contributed by atoms with E-state index in [1.165, 1.54) is 0 Å². The van der Waals surface area contributed by atoms with Gasteiger partial charge in [-0.3, -0.25) is 9.59 Å². The molecule has 1 saturated carbocycles. The first-order valence-corrected chi connectivity index (χ1v) is 5.17. The zero-order valence-electron chi connectivity index (χ0n) is 8.45. The Morgan fingerprint density at radius 3 is 2.71 bits per heavy atom. The Kier molecular flexibility index (Phi) is 3.92. The minimum Gasteiger partial charge on any atom is -0.481 e. The molecule has 0 aliphatic heterocycles. The van der Waals surface area contributed by atoms with Crippen molar-refractivity contribution >= 4 is 11.9 Å². The maximum absolute atomic E-state index is 11.3. The van der Waals surface area contributed by atoms with Gasteiger partial charge in [-0.05, 0) is 19.3 Å². The maximum Gasteiger partial charge on any atom is 0.308 e. The molecule has 0 saturated heterocycles. The van der Waals surface area contributed by atoms with Gasteiger partial charge in [0, 0.05) is 12.5 Å². The van der Waals surface area contributed by atoms with Crippen LogP contribution in [0.25, 0.3) is 0 Å². The fraction of sp³-hybridized carbons (Fsp3) is 0.800. The number of carboxylic acid groups (broad SMARTS) is 1. The second-order valence-electron chi connectivity index (χ2n) is 3.80. The molecule has 2 unspecified atom stereocenters. The van der Waals surface area contributed by atoms with Crippen molar-refractivity contribution in [3.8, 4) is 0 Å². The molecule has 4 nitrogen and oxygen atoms in total. The summed E-state index contributed by atoms with van der Waals surface area (Å²) in [6, 6.07) is -0.147. The molecule has 0 heterocycles. The highest BCUT2D eigenvalue weighted by atomic mass is 16.4. The summed E-state index contributed by atoms with van der Waals surface area (Å²) in [6.07, 6.45) is 3.67. The average molecular weight is 199 g/mol. The lowest BCUT2D eigenvalue weighted by atomic mass is 10.0. The number of carbonyl (C=O) groups excluding carboxylic acids is 1. The number of carboxylic acids is 1. The summed E-state index contributed by atoms with van der Waals surface area (Å²) in [5, 5.41) is 11.7. The van der Waals surface area contributed by atoms with E-state index in [-0.39, 0.29) is 17.9 Å². The third kappa shape index (κ3) is 2.72. The minimum atomic E-state index is -0.788. The van der Waals surface area contributed by atoms with Crippen molar-refractivity contribution in [2.45, 2.75) is 45.1 Å². The molecule has 4 heteroatoms. The van der Waals surface area contributed by atoms with E-state index < -0.39 is 5.97 Å². The van der Waals surface area contributed by atoms with Gasteiger partial charge in [0.15, 0.2) is 0 Å². The fourth-order valence-corrected chi connectivity index (χ4v) is 1.93. The van der Waals surface area contributed by atoms with Crippen LogP contribution in [-0.2, 0) is 9.59 Å². The van der Waals surface area contributed by atoms with Gasteiger partial charge < -0.3 is 10.4 Å². The van der Waals surface area contributed by atoms with Crippen LogP contribution in [0.3, 0.4) is 0 Å². The van der Waals surface area contributed by atoms with E-state index in [4.69, 9.17) is 5.11 Å². The van der Waals surface area contributed by atoms with Crippen molar-refractivity contribution < 1.29 is 14.7 Å². The van der Waals surface area contributed by atoms with Crippen LogP contribution in [0, 0.1) is 5.92 Å². The van der Waals surface area contributed by atoms with Crippen LogP contribution in [0.2, 0.25) is 0 Å². The van der Waals surface area contributed by atoms with Gasteiger partial charge in [0.2, 0.25) is 5.91 Å². The van der Waals surface area contributed by atoms with E-state index in [9.17, 15) is 9.59 Å². The van der Waals surface area contributed by atoms with Crippen LogP contribution < -0.4 is 5.32 Å². The highest BCUT2D eigenvalue weighted by molar-refractivity contribution is 5.78.